The minimum atomic E-state index is -1.25. The Balaban J connectivity index is 2.04. The third-order valence-electron chi connectivity index (χ3n) is 3.68. The van der Waals surface area contributed by atoms with Gasteiger partial charge in [0.25, 0.3) is 0 Å². The van der Waals surface area contributed by atoms with E-state index in [9.17, 15) is 14.3 Å². The third kappa shape index (κ3) is 3.92. The van der Waals surface area contributed by atoms with E-state index in [-0.39, 0.29) is 24.7 Å². The first-order valence-electron chi connectivity index (χ1n) is 7.15. The van der Waals surface area contributed by atoms with Gasteiger partial charge in [-0.2, -0.15) is 0 Å². The van der Waals surface area contributed by atoms with Crippen LogP contribution < -0.4 is 0 Å². The molecule has 0 heterocycles. The smallest absolute Gasteiger partial charge is 0.225 e. The quantitative estimate of drug-likeness (QED) is 0.922. The van der Waals surface area contributed by atoms with Gasteiger partial charge in [0.05, 0.1) is 12.0 Å². The SMILES string of the molecule is CN(Cc1ccccc1F)C(=O)CC(C)(O)c1ccccc1. The lowest BCUT2D eigenvalue weighted by Gasteiger charge is -2.26. The first kappa shape index (κ1) is 16.2. The van der Waals surface area contributed by atoms with Crippen LogP contribution >= 0.6 is 0 Å². The van der Waals surface area contributed by atoms with Gasteiger partial charge in [0.15, 0.2) is 0 Å². The van der Waals surface area contributed by atoms with Gasteiger partial charge in [-0.25, -0.2) is 4.39 Å². The molecule has 0 aliphatic carbocycles. The molecule has 0 aliphatic rings. The summed E-state index contributed by atoms with van der Waals surface area (Å²) in [5.41, 5.74) is -0.109. The molecule has 0 saturated carbocycles. The monoisotopic (exact) mass is 301 g/mol. The number of hydrogen-bond donors (Lipinski definition) is 1. The number of rotatable bonds is 5. The fourth-order valence-corrected chi connectivity index (χ4v) is 2.30. The zero-order valence-corrected chi connectivity index (χ0v) is 12.8. The molecule has 0 bridgehead atoms. The molecular formula is C18H20FNO2. The first-order chi connectivity index (χ1) is 10.4. The normalized spacial score (nSPS) is 13.5. The van der Waals surface area contributed by atoms with E-state index >= 15 is 0 Å². The zero-order valence-electron chi connectivity index (χ0n) is 12.8. The van der Waals surface area contributed by atoms with Gasteiger partial charge in [-0.1, -0.05) is 48.5 Å². The average Bonchev–Trinajstić information content (AvgIpc) is 2.50. The highest BCUT2D eigenvalue weighted by Crippen LogP contribution is 2.25. The van der Waals surface area contributed by atoms with Gasteiger partial charge in [-0.3, -0.25) is 4.79 Å². The van der Waals surface area contributed by atoms with Crippen molar-refractivity contribution < 1.29 is 14.3 Å². The van der Waals surface area contributed by atoms with E-state index in [1.807, 2.05) is 18.2 Å². The van der Waals surface area contributed by atoms with Crippen molar-refractivity contribution in [3.8, 4) is 0 Å². The van der Waals surface area contributed by atoms with E-state index in [0.717, 1.165) is 0 Å². The molecule has 22 heavy (non-hydrogen) atoms. The lowest BCUT2D eigenvalue weighted by atomic mass is 9.92. The van der Waals surface area contributed by atoms with Crippen LogP contribution in [0, 0.1) is 5.82 Å². The Bertz CT molecular complexity index is 641. The first-order valence-corrected chi connectivity index (χ1v) is 7.15. The van der Waals surface area contributed by atoms with Crippen LogP contribution in [0.4, 0.5) is 4.39 Å². The maximum absolute atomic E-state index is 13.6. The van der Waals surface area contributed by atoms with Crippen molar-refractivity contribution >= 4 is 5.91 Å². The Kier molecular flexibility index (Phi) is 4.93. The fraction of sp³-hybridized carbons (Fsp3) is 0.278. The molecule has 1 amide bonds. The summed E-state index contributed by atoms with van der Waals surface area (Å²) in [6.07, 6.45) is -0.0536. The van der Waals surface area contributed by atoms with Crippen LogP contribution in [0.25, 0.3) is 0 Å². The van der Waals surface area contributed by atoms with Gasteiger partial charge in [0, 0.05) is 19.2 Å². The van der Waals surface area contributed by atoms with Crippen LogP contribution in [0.5, 0.6) is 0 Å². The summed E-state index contributed by atoms with van der Waals surface area (Å²) in [5, 5.41) is 10.5. The molecule has 2 aromatic carbocycles. The van der Waals surface area contributed by atoms with Crippen molar-refractivity contribution in [2.24, 2.45) is 0 Å². The number of hydrogen-bond acceptors (Lipinski definition) is 2. The number of halogens is 1. The molecule has 1 N–H and O–H groups in total. The molecule has 0 aliphatic heterocycles. The maximum atomic E-state index is 13.6. The van der Waals surface area contributed by atoms with Gasteiger partial charge >= 0.3 is 0 Å². The van der Waals surface area contributed by atoms with Gasteiger partial charge < -0.3 is 10.0 Å². The molecule has 0 radical (unpaired) electrons. The molecule has 4 heteroatoms. The number of carbonyl (C=O) groups is 1. The van der Waals surface area contributed by atoms with Crippen molar-refractivity contribution in [1.82, 2.24) is 4.90 Å². The second kappa shape index (κ2) is 6.71. The van der Waals surface area contributed by atoms with E-state index in [0.29, 0.717) is 11.1 Å². The summed E-state index contributed by atoms with van der Waals surface area (Å²) in [7, 11) is 1.61. The van der Waals surface area contributed by atoms with Crippen molar-refractivity contribution in [3.63, 3.8) is 0 Å². The van der Waals surface area contributed by atoms with Crippen LogP contribution in [-0.4, -0.2) is 23.0 Å². The molecule has 0 fully saturated rings. The van der Waals surface area contributed by atoms with Crippen LogP contribution in [-0.2, 0) is 16.9 Å². The molecule has 3 nitrogen and oxygen atoms in total. The highest BCUT2D eigenvalue weighted by atomic mass is 19.1. The second-order valence-corrected chi connectivity index (χ2v) is 5.66. The summed E-state index contributed by atoms with van der Waals surface area (Å²) < 4.78 is 13.6. The molecule has 116 valence electrons. The molecule has 0 spiro atoms. The third-order valence-corrected chi connectivity index (χ3v) is 3.68. The van der Waals surface area contributed by atoms with E-state index < -0.39 is 5.60 Å². The van der Waals surface area contributed by atoms with E-state index in [2.05, 4.69) is 0 Å². The number of benzene rings is 2. The molecule has 2 rings (SSSR count). The summed E-state index contributed by atoms with van der Waals surface area (Å²) in [6.45, 7) is 1.79. The molecule has 0 aromatic heterocycles. The summed E-state index contributed by atoms with van der Waals surface area (Å²) >= 11 is 0. The fourth-order valence-electron chi connectivity index (χ4n) is 2.30. The summed E-state index contributed by atoms with van der Waals surface area (Å²) in [6, 6.07) is 15.4. The van der Waals surface area contributed by atoms with E-state index in [4.69, 9.17) is 0 Å². The number of carbonyl (C=O) groups excluding carboxylic acids is 1. The number of aliphatic hydroxyl groups is 1. The predicted molar refractivity (Wildman–Crippen MR) is 83.5 cm³/mol. The van der Waals surface area contributed by atoms with Crippen LogP contribution in [0.2, 0.25) is 0 Å². The van der Waals surface area contributed by atoms with Gasteiger partial charge in [0.1, 0.15) is 5.82 Å². The molecule has 0 saturated heterocycles. The topological polar surface area (TPSA) is 40.5 Å². The lowest BCUT2D eigenvalue weighted by Crippen LogP contribution is -2.34. The Morgan fingerprint density at radius 3 is 2.36 bits per heavy atom. The van der Waals surface area contributed by atoms with Gasteiger partial charge in [-0.15, -0.1) is 0 Å². The summed E-state index contributed by atoms with van der Waals surface area (Å²) in [5.74, 6) is -0.575. The van der Waals surface area contributed by atoms with E-state index in [1.165, 1.54) is 11.0 Å². The molecule has 1 unspecified atom stereocenters. The minimum Gasteiger partial charge on any atom is -0.385 e. The van der Waals surface area contributed by atoms with E-state index in [1.54, 1.807) is 44.3 Å². The molecule has 1 atom stereocenters. The minimum absolute atomic E-state index is 0.0536. The largest absolute Gasteiger partial charge is 0.385 e. The van der Waals surface area contributed by atoms with Gasteiger partial charge in [0.2, 0.25) is 5.91 Å². The molecular weight excluding hydrogens is 281 g/mol. The maximum Gasteiger partial charge on any atom is 0.225 e. The van der Waals surface area contributed by atoms with Crippen molar-refractivity contribution in [2.45, 2.75) is 25.5 Å². The van der Waals surface area contributed by atoms with Gasteiger partial charge in [-0.05, 0) is 18.6 Å². The summed E-state index contributed by atoms with van der Waals surface area (Å²) in [4.78, 5) is 13.7. The Labute approximate surface area is 130 Å². The highest BCUT2D eigenvalue weighted by molar-refractivity contribution is 5.77. The second-order valence-electron chi connectivity index (χ2n) is 5.66. The van der Waals surface area contributed by atoms with Crippen molar-refractivity contribution in [1.29, 1.82) is 0 Å². The van der Waals surface area contributed by atoms with Crippen molar-refractivity contribution in [2.75, 3.05) is 7.05 Å². The molecule has 2 aromatic rings. The zero-order chi connectivity index (χ0) is 16.2. The van der Waals surface area contributed by atoms with Crippen molar-refractivity contribution in [3.05, 3.63) is 71.5 Å². The van der Waals surface area contributed by atoms with Crippen LogP contribution in [0.3, 0.4) is 0 Å². The number of amides is 1. The average molecular weight is 301 g/mol. The number of nitrogens with zero attached hydrogens (tertiary/aromatic N) is 1. The van der Waals surface area contributed by atoms with Crippen LogP contribution in [0.15, 0.2) is 54.6 Å². The standard InChI is InChI=1S/C18H20FNO2/c1-18(22,15-9-4-3-5-10-15)12-17(21)20(2)13-14-8-6-7-11-16(14)19/h3-11,22H,12-13H2,1-2H3. The van der Waals surface area contributed by atoms with Crippen LogP contribution in [0.1, 0.15) is 24.5 Å². The Morgan fingerprint density at radius 2 is 1.73 bits per heavy atom. The highest BCUT2D eigenvalue weighted by Gasteiger charge is 2.28. The lowest BCUT2D eigenvalue weighted by molar-refractivity contribution is -0.135. The predicted octanol–water partition coefficient (Wildman–Crippen LogP) is 3.08. The Hall–Kier alpha value is -2.20. The Morgan fingerprint density at radius 1 is 1.14 bits per heavy atom.